The fourth-order valence-corrected chi connectivity index (χ4v) is 4.81. The zero-order valence-corrected chi connectivity index (χ0v) is 24.4. The van der Waals surface area contributed by atoms with E-state index >= 15 is 0 Å². The predicted octanol–water partition coefficient (Wildman–Crippen LogP) is 5.65. The van der Waals surface area contributed by atoms with Gasteiger partial charge in [0, 0.05) is 6.54 Å². The van der Waals surface area contributed by atoms with Crippen LogP contribution in [0.15, 0.2) is 66.9 Å². The van der Waals surface area contributed by atoms with Crippen molar-refractivity contribution in [3.05, 3.63) is 94.9 Å². The third-order valence-corrected chi connectivity index (χ3v) is 6.80. The number of aromatic nitrogens is 3. The van der Waals surface area contributed by atoms with Crippen LogP contribution in [-0.2, 0) is 22.5 Å². The summed E-state index contributed by atoms with van der Waals surface area (Å²) in [6.45, 7) is 6.37. The highest BCUT2D eigenvalue weighted by Crippen LogP contribution is 2.40. The summed E-state index contributed by atoms with van der Waals surface area (Å²) in [5.74, 6) is 0.651. The molecule has 5 rings (SSSR count). The average Bonchev–Trinajstić information content (AvgIpc) is 3.39. The quantitative estimate of drug-likeness (QED) is 0.263. The Bertz CT molecular complexity index is 1620. The van der Waals surface area contributed by atoms with Crippen LogP contribution >= 0.6 is 0 Å². The lowest BCUT2D eigenvalue weighted by atomic mass is 9.91. The first-order valence-corrected chi connectivity index (χ1v) is 13.7. The van der Waals surface area contributed by atoms with Crippen molar-refractivity contribution in [1.29, 1.82) is 0 Å². The van der Waals surface area contributed by atoms with Crippen molar-refractivity contribution < 1.29 is 28.5 Å². The molecule has 4 aromatic rings. The number of rotatable bonds is 7. The molecule has 1 aliphatic rings. The first kappa shape index (κ1) is 28.7. The number of esters is 1. The van der Waals surface area contributed by atoms with Gasteiger partial charge in [0.2, 0.25) is 0 Å². The standard InChI is InChI=1S/C32H34N4O6/c1-32(2,3)42-31(38)35-16-15-22-17-28(41-20-21-9-7-6-8-10-21)27(39-4)18-24(22)26(35)13-11-23-19-33-29-14-12-25(30(37)40-5)34-36(23)29/h6-14,17-19,26H,15-16,20H2,1-5H3/b13-11+. The number of fused-ring (bicyclic) bond motifs is 2. The molecule has 0 spiro atoms. The molecule has 1 amide bonds. The SMILES string of the molecule is COC(=O)c1ccc2ncc(/C=C/C3c4cc(OC)c(OCc5ccccc5)cc4CCN3C(=O)OC(C)(C)C)n2n1. The molecule has 2 aromatic carbocycles. The number of imidazole rings is 1. The fourth-order valence-electron chi connectivity index (χ4n) is 4.81. The minimum atomic E-state index is -0.658. The van der Waals surface area contributed by atoms with E-state index in [9.17, 15) is 9.59 Å². The highest BCUT2D eigenvalue weighted by molar-refractivity contribution is 5.87. The minimum Gasteiger partial charge on any atom is -0.493 e. The van der Waals surface area contributed by atoms with Crippen LogP contribution in [0.25, 0.3) is 11.7 Å². The zero-order chi connectivity index (χ0) is 29.9. The largest absolute Gasteiger partial charge is 0.493 e. The highest BCUT2D eigenvalue weighted by atomic mass is 16.6. The molecule has 0 bridgehead atoms. The second-order valence-electron chi connectivity index (χ2n) is 10.9. The zero-order valence-electron chi connectivity index (χ0n) is 24.4. The number of hydrogen-bond donors (Lipinski definition) is 0. The molecule has 0 fully saturated rings. The molecule has 42 heavy (non-hydrogen) atoms. The molecule has 10 heteroatoms. The van der Waals surface area contributed by atoms with Crippen LogP contribution in [0.4, 0.5) is 4.79 Å². The molecule has 0 saturated heterocycles. The van der Waals surface area contributed by atoms with Gasteiger partial charge in [0.25, 0.3) is 0 Å². The molecule has 10 nitrogen and oxygen atoms in total. The van der Waals surface area contributed by atoms with Crippen LogP contribution in [0, 0.1) is 0 Å². The molecule has 1 atom stereocenters. The highest BCUT2D eigenvalue weighted by Gasteiger charge is 2.33. The normalized spacial score (nSPS) is 15.0. The lowest BCUT2D eigenvalue weighted by Crippen LogP contribution is -2.42. The molecule has 0 aliphatic carbocycles. The summed E-state index contributed by atoms with van der Waals surface area (Å²) in [4.78, 5) is 31.5. The van der Waals surface area contributed by atoms with Gasteiger partial charge in [-0.2, -0.15) is 5.10 Å². The van der Waals surface area contributed by atoms with E-state index in [4.69, 9.17) is 18.9 Å². The Balaban J connectivity index is 1.52. The van der Waals surface area contributed by atoms with E-state index in [2.05, 4.69) is 10.1 Å². The Kier molecular flexibility index (Phi) is 8.15. The van der Waals surface area contributed by atoms with Gasteiger partial charge >= 0.3 is 12.1 Å². The molecular weight excluding hydrogens is 536 g/mol. The molecule has 218 valence electrons. The summed E-state index contributed by atoms with van der Waals surface area (Å²) in [6.07, 6.45) is 5.59. The van der Waals surface area contributed by atoms with Gasteiger partial charge in [-0.05, 0) is 74.2 Å². The number of carbonyl (C=O) groups excluding carboxylic acids is 2. The smallest absolute Gasteiger partial charge is 0.411 e. The van der Waals surface area contributed by atoms with Gasteiger partial charge in [0.05, 0.1) is 32.2 Å². The Morgan fingerprint density at radius 3 is 2.55 bits per heavy atom. The van der Waals surface area contributed by atoms with Gasteiger partial charge in [0.1, 0.15) is 12.2 Å². The van der Waals surface area contributed by atoms with Gasteiger partial charge < -0.3 is 18.9 Å². The van der Waals surface area contributed by atoms with Crippen LogP contribution in [-0.4, -0.2) is 57.9 Å². The molecule has 1 unspecified atom stereocenters. The fraction of sp³-hybridized carbons (Fsp3) is 0.312. The maximum Gasteiger partial charge on any atom is 0.411 e. The molecule has 0 radical (unpaired) electrons. The topological polar surface area (TPSA) is 104 Å². The molecule has 1 aliphatic heterocycles. The van der Waals surface area contributed by atoms with E-state index in [0.29, 0.717) is 42.4 Å². The second kappa shape index (κ2) is 11.9. The third kappa shape index (κ3) is 6.22. The number of amides is 1. The van der Waals surface area contributed by atoms with Crippen LogP contribution in [0.5, 0.6) is 11.5 Å². The van der Waals surface area contributed by atoms with Crippen molar-refractivity contribution in [3.63, 3.8) is 0 Å². The lowest BCUT2D eigenvalue weighted by Gasteiger charge is -2.37. The third-order valence-electron chi connectivity index (χ3n) is 6.80. The van der Waals surface area contributed by atoms with Crippen LogP contribution < -0.4 is 9.47 Å². The van der Waals surface area contributed by atoms with E-state index < -0.39 is 23.7 Å². The monoisotopic (exact) mass is 570 g/mol. The molecular formula is C32H34N4O6. The van der Waals surface area contributed by atoms with Crippen LogP contribution in [0.1, 0.15) is 59.7 Å². The Morgan fingerprint density at radius 2 is 1.83 bits per heavy atom. The molecule has 3 heterocycles. The van der Waals surface area contributed by atoms with E-state index in [-0.39, 0.29) is 5.69 Å². The second-order valence-corrected chi connectivity index (χ2v) is 10.9. The van der Waals surface area contributed by atoms with Gasteiger partial charge in [0.15, 0.2) is 22.8 Å². The van der Waals surface area contributed by atoms with Crippen LogP contribution in [0.2, 0.25) is 0 Å². The van der Waals surface area contributed by atoms with E-state index in [1.807, 2.05) is 75.4 Å². The van der Waals surface area contributed by atoms with Crippen molar-refractivity contribution >= 4 is 23.8 Å². The van der Waals surface area contributed by atoms with Crippen molar-refractivity contribution in [2.45, 2.75) is 45.4 Å². The summed E-state index contributed by atoms with van der Waals surface area (Å²) in [7, 11) is 2.90. The number of carbonyl (C=O) groups is 2. The van der Waals surface area contributed by atoms with Gasteiger partial charge in [-0.25, -0.2) is 19.1 Å². The summed E-state index contributed by atoms with van der Waals surface area (Å²) in [5.41, 5.74) is 3.67. The summed E-state index contributed by atoms with van der Waals surface area (Å²) >= 11 is 0. The summed E-state index contributed by atoms with van der Waals surface area (Å²) in [6, 6.07) is 16.6. The average molecular weight is 571 g/mol. The van der Waals surface area contributed by atoms with Crippen molar-refractivity contribution in [1.82, 2.24) is 19.5 Å². The maximum atomic E-state index is 13.4. The first-order valence-electron chi connectivity index (χ1n) is 13.7. The number of nitrogens with zero attached hydrogens (tertiary/aromatic N) is 4. The van der Waals surface area contributed by atoms with Gasteiger partial charge in [-0.3, -0.25) is 4.90 Å². The predicted molar refractivity (Wildman–Crippen MR) is 157 cm³/mol. The van der Waals surface area contributed by atoms with Gasteiger partial charge in [-0.15, -0.1) is 0 Å². The van der Waals surface area contributed by atoms with E-state index in [1.165, 1.54) is 7.11 Å². The van der Waals surface area contributed by atoms with Gasteiger partial charge in [-0.1, -0.05) is 36.4 Å². The van der Waals surface area contributed by atoms with E-state index in [1.54, 1.807) is 34.9 Å². The number of benzene rings is 2. The van der Waals surface area contributed by atoms with E-state index in [0.717, 1.165) is 16.7 Å². The van der Waals surface area contributed by atoms with Crippen molar-refractivity contribution in [2.75, 3.05) is 20.8 Å². The Labute approximate surface area is 244 Å². The first-order chi connectivity index (χ1) is 20.2. The number of ether oxygens (including phenoxy) is 4. The maximum absolute atomic E-state index is 13.4. The van der Waals surface area contributed by atoms with Crippen LogP contribution in [0.3, 0.4) is 0 Å². The van der Waals surface area contributed by atoms with Crippen molar-refractivity contribution in [2.24, 2.45) is 0 Å². The number of hydrogen-bond acceptors (Lipinski definition) is 8. The summed E-state index contributed by atoms with van der Waals surface area (Å²) < 4.78 is 24.0. The lowest BCUT2D eigenvalue weighted by molar-refractivity contribution is 0.0184. The Morgan fingerprint density at radius 1 is 1.05 bits per heavy atom. The van der Waals surface area contributed by atoms with Crippen molar-refractivity contribution in [3.8, 4) is 11.5 Å². The molecule has 0 saturated carbocycles. The molecule has 0 N–H and O–H groups in total. The number of methoxy groups -OCH3 is 2. The minimum absolute atomic E-state index is 0.156. The summed E-state index contributed by atoms with van der Waals surface area (Å²) in [5, 5.41) is 4.39. The Hall–Kier alpha value is -4.86. The molecule has 2 aromatic heterocycles.